The van der Waals surface area contributed by atoms with Gasteiger partial charge in [0.25, 0.3) is 0 Å². The molecule has 1 fully saturated rings. The molecular formula is C24H20ClF4N7O2. The standard InChI is InChI=1S/C24H20ClF4N7O2/c1-12-17(11-36(2)34-12)31-22-30-10-15(21(25)33-22)13-3-4-14(16(26)7-13)8-20(37)32-19-9-18(38-35-19)23(5-6-23)24(27,28)29/h3-4,7,9-11H,5-6,8H2,1-2H3,(H,30,31,33)(H,32,35,37). The van der Waals surface area contributed by atoms with Gasteiger partial charge in [-0.25, -0.2) is 14.4 Å². The number of hydrogen-bond donors (Lipinski definition) is 2. The molecule has 9 nitrogen and oxygen atoms in total. The van der Waals surface area contributed by atoms with Gasteiger partial charge in [-0.15, -0.1) is 0 Å². The topological polar surface area (TPSA) is 111 Å². The zero-order valence-electron chi connectivity index (χ0n) is 20.0. The van der Waals surface area contributed by atoms with Gasteiger partial charge >= 0.3 is 6.18 Å². The molecule has 0 saturated heterocycles. The highest BCUT2D eigenvalue weighted by Crippen LogP contribution is 2.59. The van der Waals surface area contributed by atoms with Crippen molar-refractivity contribution in [3.05, 3.63) is 64.6 Å². The smallest absolute Gasteiger partial charge is 0.358 e. The monoisotopic (exact) mass is 549 g/mol. The fourth-order valence-electron chi connectivity index (χ4n) is 4.03. The summed E-state index contributed by atoms with van der Waals surface area (Å²) in [5, 5.41) is 13.2. The zero-order chi connectivity index (χ0) is 27.2. The van der Waals surface area contributed by atoms with Gasteiger partial charge < -0.3 is 15.2 Å². The van der Waals surface area contributed by atoms with Gasteiger partial charge in [-0.3, -0.25) is 9.48 Å². The number of alkyl halides is 3. The minimum Gasteiger partial charge on any atom is -0.358 e. The van der Waals surface area contributed by atoms with E-state index in [9.17, 15) is 22.4 Å². The minimum absolute atomic E-state index is 0.0614. The van der Waals surface area contributed by atoms with Crippen LogP contribution in [0.4, 0.5) is 35.0 Å². The lowest BCUT2D eigenvalue weighted by Gasteiger charge is -2.14. The molecule has 1 saturated carbocycles. The van der Waals surface area contributed by atoms with E-state index in [1.165, 1.54) is 18.3 Å². The number of aryl methyl sites for hydroxylation is 2. The Morgan fingerprint density at radius 2 is 2.03 bits per heavy atom. The quantitative estimate of drug-likeness (QED) is 0.232. The first-order valence-corrected chi connectivity index (χ1v) is 11.8. The molecule has 3 aromatic heterocycles. The zero-order valence-corrected chi connectivity index (χ0v) is 20.8. The van der Waals surface area contributed by atoms with E-state index in [2.05, 4.69) is 30.9 Å². The summed E-state index contributed by atoms with van der Waals surface area (Å²) in [5.74, 6) is -1.64. The maximum Gasteiger partial charge on any atom is 0.401 e. The van der Waals surface area contributed by atoms with Crippen LogP contribution in [0.2, 0.25) is 5.15 Å². The number of hydrogen-bond acceptors (Lipinski definition) is 7. The van der Waals surface area contributed by atoms with Crippen molar-refractivity contribution >= 4 is 35.0 Å². The van der Waals surface area contributed by atoms with Crippen molar-refractivity contribution in [2.45, 2.75) is 37.8 Å². The number of carbonyl (C=O) groups is 1. The molecule has 1 amide bonds. The highest BCUT2D eigenvalue weighted by Gasteiger charge is 2.66. The van der Waals surface area contributed by atoms with Gasteiger partial charge in [-0.05, 0) is 37.0 Å². The summed E-state index contributed by atoms with van der Waals surface area (Å²) in [6, 6.07) is 5.21. The van der Waals surface area contributed by atoms with Crippen LogP contribution >= 0.6 is 11.6 Å². The van der Waals surface area contributed by atoms with Gasteiger partial charge in [0.15, 0.2) is 11.6 Å². The van der Waals surface area contributed by atoms with Crippen LogP contribution in [-0.4, -0.2) is 37.0 Å². The summed E-state index contributed by atoms with van der Waals surface area (Å²) in [7, 11) is 1.78. The molecule has 1 aromatic carbocycles. The van der Waals surface area contributed by atoms with Crippen LogP contribution in [-0.2, 0) is 23.7 Å². The summed E-state index contributed by atoms with van der Waals surface area (Å²) < 4.78 is 61.0. The molecule has 0 aliphatic heterocycles. The maximum atomic E-state index is 14.8. The van der Waals surface area contributed by atoms with Crippen LogP contribution < -0.4 is 10.6 Å². The lowest BCUT2D eigenvalue weighted by Crippen LogP contribution is -2.28. The molecule has 38 heavy (non-hydrogen) atoms. The van der Waals surface area contributed by atoms with Crippen LogP contribution in [0.15, 0.2) is 41.2 Å². The van der Waals surface area contributed by atoms with E-state index >= 15 is 0 Å². The minimum atomic E-state index is -4.47. The molecule has 3 heterocycles. The predicted molar refractivity (Wildman–Crippen MR) is 129 cm³/mol. The number of carbonyl (C=O) groups excluding carboxylic acids is 1. The molecule has 14 heteroatoms. The van der Waals surface area contributed by atoms with Crippen LogP contribution in [0.5, 0.6) is 0 Å². The number of nitrogens with zero attached hydrogens (tertiary/aromatic N) is 5. The summed E-state index contributed by atoms with van der Waals surface area (Å²) >= 11 is 6.32. The first-order chi connectivity index (χ1) is 17.9. The van der Waals surface area contributed by atoms with E-state index in [1.54, 1.807) is 24.0 Å². The average molecular weight is 550 g/mol. The molecule has 0 unspecified atom stereocenters. The SMILES string of the molecule is Cc1nn(C)cc1Nc1ncc(-c2ccc(CC(=O)Nc3cc(C4(C(F)(F)F)CC4)on3)c(F)c2)c(Cl)n1. The van der Waals surface area contributed by atoms with Crippen molar-refractivity contribution in [3.63, 3.8) is 0 Å². The van der Waals surface area contributed by atoms with Crippen LogP contribution in [0.1, 0.15) is 29.9 Å². The second kappa shape index (κ2) is 9.39. The summed E-state index contributed by atoms with van der Waals surface area (Å²) in [6.45, 7) is 1.82. The van der Waals surface area contributed by atoms with Crippen LogP contribution in [0.3, 0.4) is 0 Å². The highest BCUT2D eigenvalue weighted by atomic mass is 35.5. The number of aromatic nitrogens is 5. The molecule has 4 aromatic rings. The van der Waals surface area contributed by atoms with Crippen molar-refractivity contribution in [1.29, 1.82) is 0 Å². The molecule has 0 radical (unpaired) electrons. The molecular weight excluding hydrogens is 530 g/mol. The van der Waals surface area contributed by atoms with E-state index in [0.29, 0.717) is 16.8 Å². The third-order valence-electron chi connectivity index (χ3n) is 6.26. The van der Waals surface area contributed by atoms with Crippen LogP contribution in [0, 0.1) is 12.7 Å². The van der Waals surface area contributed by atoms with E-state index < -0.39 is 23.3 Å². The molecule has 0 atom stereocenters. The van der Waals surface area contributed by atoms with Gasteiger partial charge in [0, 0.05) is 31.1 Å². The first kappa shape index (κ1) is 25.6. The first-order valence-electron chi connectivity index (χ1n) is 11.4. The van der Waals surface area contributed by atoms with Gasteiger partial charge in [0.2, 0.25) is 11.9 Å². The van der Waals surface area contributed by atoms with Gasteiger partial charge in [-0.2, -0.15) is 18.3 Å². The Balaban J connectivity index is 1.25. The Labute approximate surface area is 218 Å². The second-order valence-corrected chi connectivity index (χ2v) is 9.37. The summed E-state index contributed by atoms with van der Waals surface area (Å²) in [6.07, 6.45) is -1.85. The van der Waals surface area contributed by atoms with Gasteiger partial charge in [0.1, 0.15) is 16.4 Å². The fraction of sp³-hybridized carbons (Fsp3) is 0.292. The van der Waals surface area contributed by atoms with Crippen molar-refractivity contribution in [2.75, 3.05) is 10.6 Å². The Hall–Kier alpha value is -4.00. The molecule has 2 N–H and O–H groups in total. The molecule has 0 spiro atoms. The number of benzene rings is 1. The number of halogens is 5. The number of nitrogens with one attached hydrogen (secondary N) is 2. The summed E-state index contributed by atoms with van der Waals surface area (Å²) in [4.78, 5) is 20.8. The van der Waals surface area contributed by atoms with E-state index in [1.807, 2.05) is 6.92 Å². The number of rotatable bonds is 7. The second-order valence-electron chi connectivity index (χ2n) is 9.01. The van der Waals surface area contributed by atoms with Gasteiger partial charge in [0.05, 0.1) is 17.8 Å². The Bertz CT molecular complexity index is 1530. The Morgan fingerprint density at radius 3 is 2.63 bits per heavy atom. The van der Waals surface area contributed by atoms with Crippen molar-refractivity contribution in [1.82, 2.24) is 24.9 Å². The normalized spacial score (nSPS) is 14.4. The van der Waals surface area contributed by atoms with Crippen molar-refractivity contribution in [2.24, 2.45) is 7.05 Å². The molecule has 0 bridgehead atoms. The molecule has 1 aliphatic carbocycles. The predicted octanol–water partition coefficient (Wildman–Crippen LogP) is 5.48. The highest BCUT2D eigenvalue weighted by molar-refractivity contribution is 6.32. The Morgan fingerprint density at radius 1 is 1.26 bits per heavy atom. The average Bonchev–Trinajstić information content (AvgIpc) is 3.44. The van der Waals surface area contributed by atoms with E-state index in [4.69, 9.17) is 16.1 Å². The van der Waals surface area contributed by atoms with Crippen molar-refractivity contribution in [3.8, 4) is 11.1 Å². The number of anilines is 3. The Kier molecular flexibility index (Phi) is 6.33. The van der Waals surface area contributed by atoms with Gasteiger partial charge in [-0.1, -0.05) is 28.9 Å². The lowest BCUT2D eigenvalue weighted by molar-refractivity contribution is -0.165. The lowest BCUT2D eigenvalue weighted by atomic mass is 10.0. The largest absolute Gasteiger partial charge is 0.401 e. The fourth-order valence-corrected chi connectivity index (χ4v) is 4.27. The van der Waals surface area contributed by atoms with E-state index in [-0.39, 0.29) is 47.5 Å². The third-order valence-corrected chi connectivity index (χ3v) is 6.55. The third kappa shape index (κ3) is 4.93. The molecule has 198 valence electrons. The van der Waals surface area contributed by atoms with Crippen molar-refractivity contribution < 1.29 is 26.9 Å². The summed E-state index contributed by atoms with van der Waals surface area (Å²) in [5.41, 5.74) is 0.232. The molecule has 5 rings (SSSR count). The molecule has 1 aliphatic rings. The van der Waals surface area contributed by atoms with Crippen LogP contribution in [0.25, 0.3) is 11.1 Å². The maximum absolute atomic E-state index is 14.8. The van der Waals surface area contributed by atoms with E-state index in [0.717, 1.165) is 11.8 Å². The number of amides is 1.